The first-order valence-corrected chi connectivity index (χ1v) is 4.58. The maximum atomic E-state index is 7.62. The second-order valence-corrected chi connectivity index (χ2v) is 3.58. The Morgan fingerprint density at radius 1 is 1.27 bits per heavy atom. The highest BCUT2D eigenvalue weighted by molar-refractivity contribution is 7.84. The van der Waals surface area contributed by atoms with Gasteiger partial charge in [0.1, 0.15) is 0 Å². The zero-order chi connectivity index (χ0) is 7.68. The first-order valence-electron chi connectivity index (χ1n) is 3.35. The van der Waals surface area contributed by atoms with Crippen molar-refractivity contribution in [1.82, 2.24) is 4.72 Å². The van der Waals surface area contributed by atoms with Crippen LogP contribution in [-0.2, 0) is 10.9 Å². The maximum absolute atomic E-state index is 7.62. The van der Waals surface area contributed by atoms with Crippen LogP contribution in [0.25, 0.3) is 6.08 Å². The van der Waals surface area contributed by atoms with E-state index in [-0.39, 0.29) is 0 Å². The molecule has 2 rings (SSSR count). The predicted molar refractivity (Wildman–Crippen MR) is 47.0 cm³/mol. The van der Waals surface area contributed by atoms with Crippen LogP contribution in [0.3, 0.4) is 0 Å². The standard InChI is InChI=1S/C8H8N2S/c9-11-8-4-2-1-3-7(8)5-6-10-11/h1-6H,(H2,9,10). The van der Waals surface area contributed by atoms with Crippen LogP contribution >= 0.6 is 0 Å². The molecular formula is C8H8N2S. The third-order valence-corrected chi connectivity index (χ3v) is 2.77. The Kier molecular flexibility index (Phi) is 1.51. The van der Waals surface area contributed by atoms with Gasteiger partial charge in [0, 0.05) is 22.0 Å². The fraction of sp³-hybridized carbons (Fsp3) is 0. The van der Waals surface area contributed by atoms with Crippen LogP contribution in [-0.4, -0.2) is 0 Å². The number of benzene rings is 1. The quantitative estimate of drug-likeness (QED) is 0.603. The summed E-state index contributed by atoms with van der Waals surface area (Å²) in [5, 5.41) is 0. The molecule has 0 saturated carbocycles. The molecule has 56 valence electrons. The van der Waals surface area contributed by atoms with Gasteiger partial charge in [-0.25, -0.2) is 0 Å². The van der Waals surface area contributed by atoms with Crippen LogP contribution in [0, 0.1) is 4.78 Å². The Balaban J connectivity index is 2.63. The highest BCUT2D eigenvalue weighted by Gasteiger charge is 2.05. The lowest BCUT2D eigenvalue weighted by Crippen LogP contribution is -2.12. The van der Waals surface area contributed by atoms with Gasteiger partial charge >= 0.3 is 0 Å². The van der Waals surface area contributed by atoms with E-state index < -0.39 is 10.9 Å². The zero-order valence-corrected chi connectivity index (χ0v) is 6.69. The minimum atomic E-state index is -0.552. The highest BCUT2D eigenvalue weighted by atomic mass is 32.2. The van der Waals surface area contributed by atoms with Gasteiger partial charge in [-0.2, -0.15) is 0 Å². The average Bonchev–Trinajstić information content (AvgIpc) is 2.06. The maximum Gasteiger partial charge on any atom is 0.0456 e. The molecule has 0 radical (unpaired) electrons. The van der Waals surface area contributed by atoms with E-state index in [1.54, 1.807) is 0 Å². The molecule has 0 amide bonds. The van der Waals surface area contributed by atoms with Crippen molar-refractivity contribution < 1.29 is 0 Å². The fourth-order valence-corrected chi connectivity index (χ4v) is 1.98. The molecule has 1 aromatic rings. The molecule has 0 bridgehead atoms. The Labute approximate surface area is 68.0 Å². The monoisotopic (exact) mass is 164 g/mol. The molecule has 0 saturated heterocycles. The van der Waals surface area contributed by atoms with Crippen LogP contribution < -0.4 is 4.72 Å². The summed E-state index contributed by atoms with van der Waals surface area (Å²) in [6.45, 7) is 0. The number of fused-ring (bicyclic) bond motifs is 1. The molecule has 3 heteroatoms. The molecule has 1 atom stereocenters. The van der Waals surface area contributed by atoms with E-state index in [1.807, 2.05) is 36.5 Å². The van der Waals surface area contributed by atoms with Crippen molar-refractivity contribution in [1.29, 1.82) is 4.78 Å². The summed E-state index contributed by atoms with van der Waals surface area (Å²) < 4.78 is 10.6. The van der Waals surface area contributed by atoms with Gasteiger partial charge < -0.3 is 4.72 Å². The van der Waals surface area contributed by atoms with Crippen LogP contribution in [0.5, 0.6) is 0 Å². The van der Waals surface area contributed by atoms with Gasteiger partial charge in [0.05, 0.1) is 0 Å². The molecule has 0 spiro atoms. The second-order valence-electron chi connectivity index (χ2n) is 2.30. The van der Waals surface area contributed by atoms with Crippen LogP contribution in [0.15, 0.2) is 35.4 Å². The van der Waals surface area contributed by atoms with E-state index >= 15 is 0 Å². The molecule has 1 unspecified atom stereocenters. The van der Waals surface area contributed by atoms with Crippen molar-refractivity contribution in [2.75, 3.05) is 0 Å². The van der Waals surface area contributed by atoms with Gasteiger partial charge in [0.25, 0.3) is 0 Å². The third kappa shape index (κ3) is 1.07. The Bertz CT molecular complexity index is 331. The van der Waals surface area contributed by atoms with Gasteiger partial charge in [-0.05, 0) is 17.7 Å². The van der Waals surface area contributed by atoms with Crippen molar-refractivity contribution in [3.8, 4) is 0 Å². The van der Waals surface area contributed by atoms with Crippen molar-refractivity contribution in [3.05, 3.63) is 36.0 Å². The largest absolute Gasteiger partial charge is 0.325 e. The summed E-state index contributed by atoms with van der Waals surface area (Å²) in [6, 6.07) is 7.98. The van der Waals surface area contributed by atoms with E-state index in [4.69, 9.17) is 4.78 Å². The molecule has 1 heterocycles. The molecule has 1 aromatic carbocycles. The molecule has 2 N–H and O–H groups in total. The molecule has 2 nitrogen and oxygen atoms in total. The SMILES string of the molecule is N=S1NC=Cc2ccccc21. The molecule has 11 heavy (non-hydrogen) atoms. The van der Waals surface area contributed by atoms with E-state index in [9.17, 15) is 0 Å². The summed E-state index contributed by atoms with van der Waals surface area (Å²) in [6.07, 6.45) is 3.83. The fourth-order valence-electron chi connectivity index (χ4n) is 1.06. The number of nitrogens with one attached hydrogen (secondary N) is 2. The highest BCUT2D eigenvalue weighted by Crippen LogP contribution is 2.17. The van der Waals surface area contributed by atoms with Gasteiger partial charge in [-0.3, -0.25) is 4.78 Å². The average molecular weight is 164 g/mol. The Morgan fingerprint density at radius 3 is 2.91 bits per heavy atom. The summed E-state index contributed by atoms with van der Waals surface area (Å²) >= 11 is 0. The van der Waals surface area contributed by atoms with Gasteiger partial charge in [0.15, 0.2) is 0 Å². The van der Waals surface area contributed by atoms with E-state index in [0.29, 0.717) is 0 Å². The molecular weight excluding hydrogens is 156 g/mol. The summed E-state index contributed by atoms with van der Waals surface area (Å²) in [5.41, 5.74) is 1.16. The van der Waals surface area contributed by atoms with Crippen molar-refractivity contribution in [2.45, 2.75) is 4.90 Å². The minimum absolute atomic E-state index is 0.552. The van der Waals surface area contributed by atoms with Crippen molar-refractivity contribution in [3.63, 3.8) is 0 Å². The lowest BCUT2D eigenvalue weighted by Gasteiger charge is -2.12. The lowest BCUT2D eigenvalue weighted by molar-refractivity contribution is 1.27. The summed E-state index contributed by atoms with van der Waals surface area (Å²) in [5.74, 6) is 0. The van der Waals surface area contributed by atoms with Gasteiger partial charge in [-0.15, -0.1) is 0 Å². The first kappa shape index (κ1) is 6.61. The third-order valence-electron chi connectivity index (χ3n) is 1.59. The molecule has 0 aliphatic carbocycles. The van der Waals surface area contributed by atoms with E-state index in [0.717, 1.165) is 10.5 Å². The first-order chi connectivity index (χ1) is 5.38. The number of hydrogen-bond acceptors (Lipinski definition) is 1. The van der Waals surface area contributed by atoms with E-state index in [2.05, 4.69) is 4.72 Å². The minimum Gasteiger partial charge on any atom is -0.325 e. The van der Waals surface area contributed by atoms with Crippen LogP contribution in [0.1, 0.15) is 5.56 Å². The Hall–Kier alpha value is -1.09. The summed E-state index contributed by atoms with van der Waals surface area (Å²) in [7, 11) is -0.552. The van der Waals surface area contributed by atoms with Gasteiger partial charge in [0.2, 0.25) is 0 Å². The van der Waals surface area contributed by atoms with Crippen molar-refractivity contribution >= 4 is 17.0 Å². The second kappa shape index (κ2) is 2.51. The molecule has 1 aliphatic heterocycles. The molecule has 0 aromatic heterocycles. The lowest BCUT2D eigenvalue weighted by atomic mass is 10.2. The molecule has 0 fully saturated rings. The number of rotatable bonds is 0. The predicted octanol–water partition coefficient (Wildman–Crippen LogP) is 1.92. The van der Waals surface area contributed by atoms with Crippen molar-refractivity contribution in [2.24, 2.45) is 0 Å². The van der Waals surface area contributed by atoms with Crippen LogP contribution in [0.4, 0.5) is 0 Å². The normalized spacial score (nSPS) is 20.5. The van der Waals surface area contributed by atoms with E-state index in [1.165, 1.54) is 0 Å². The number of hydrogen-bond donors (Lipinski definition) is 2. The van der Waals surface area contributed by atoms with Crippen LogP contribution in [0.2, 0.25) is 0 Å². The Morgan fingerprint density at radius 2 is 2.09 bits per heavy atom. The smallest absolute Gasteiger partial charge is 0.0456 e. The topological polar surface area (TPSA) is 35.9 Å². The van der Waals surface area contributed by atoms with Gasteiger partial charge in [-0.1, -0.05) is 18.2 Å². The molecule has 1 aliphatic rings. The zero-order valence-electron chi connectivity index (χ0n) is 5.87. The summed E-state index contributed by atoms with van der Waals surface area (Å²) in [4.78, 5) is 1.08.